The van der Waals surface area contributed by atoms with Crippen LogP contribution in [0.25, 0.3) is 0 Å². The van der Waals surface area contributed by atoms with Crippen LogP contribution >= 0.6 is 15.9 Å². The normalized spacial score (nSPS) is 9.83. The Balaban J connectivity index is 2.41. The van der Waals surface area contributed by atoms with Gasteiger partial charge in [0.2, 0.25) is 0 Å². The van der Waals surface area contributed by atoms with Crippen LogP contribution in [0.1, 0.15) is 0 Å². The molecular weight excluding hydrogens is 218 g/mol. The molecule has 0 unspecified atom stereocenters. The van der Waals surface area contributed by atoms with Gasteiger partial charge in [-0.15, -0.1) is 0 Å². The fourth-order valence-electron chi connectivity index (χ4n) is 0.817. The number of likely N-dealkylation sites (N-methyl/N-ethyl adjacent to an activating group) is 1. The number of anilines is 1. The number of halogens is 1. The minimum atomic E-state index is 0.889. The molecule has 0 atom stereocenters. The third-order valence-electron chi connectivity index (χ3n) is 1.40. The molecule has 0 bridgehead atoms. The van der Waals surface area contributed by atoms with Crippen molar-refractivity contribution in [3.63, 3.8) is 0 Å². The Morgan fingerprint density at radius 1 is 1.50 bits per heavy atom. The lowest BCUT2D eigenvalue weighted by atomic mass is 10.4. The van der Waals surface area contributed by atoms with Gasteiger partial charge in [0.1, 0.15) is 5.82 Å². The van der Waals surface area contributed by atoms with Crippen LogP contribution in [0.3, 0.4) is 0 Å². The van der Waals surface area contributed by atoms with Gasteiger partial charge in [-0.25, -0.2) is 4.98 Å². The molecule has 12 heavy (non-hydrogen) atoms. The third kappa shape index (κ3) is 3.19. The second kappa shape index (κ2) is 5.11. The first-order valence-corrected chi connectivity index (χ1v) is 4.62. The molecule has 0 saturated carbocycles. The molecule has 0 aromatic carbocycles. The summed E-state index contributed by atoms with van der Waals surface area (Å²) >= 11 is 3.38. The second-order valence-electron chi connectivity index (χ2n) is 2.39. The van der Waals surface area contributed by atoms with Gasteiger partial charge >= 0.3 is 0 Å². The fourth-order valence-corrected chi connectivity index (χ4v) is 1.15. The van der Waals surface area contributed by atoms with Crippen LogP contribution in [0.15, 0.2) is 22.8 Å². The van der Waals surface area contributed by atoms with Crippen LogP contribution in [0.4, 0.5) is 5.82 Å². The van der Waals surface area contributed by atoms with Gasteiger partial charge in [0.05, 0.1) is 0 Å². The van der Waals surface area contributed by atoms with E-state index in [2.05, 4.69) is 31.5 Å². The number of nitrogens with one attached hydrogen (secondary N) is 2. The lowest BCUT2D eigenvalue weighted by Crippen LogP contribution is -2.18. The fraction of sp³-hybridized carbons (Fsp3) is 0.375. The van der Waals surface area contributed by atoms with Gasteiger partial charge in [-0.3, -0.25) is 0 Å². The van der Waals surface area contributed by atoms with Gasteiger partial charge in [-0.05, 0) is 19.2 Å². The van der Waals surface area contributed by atoms with Crippen LogP contribution in [-0.4, -0.2) is 25.1 Å². The molecule has 0 aliphatic carbocycles. The summed E-state index contributed by atoms with van der Waals surface area (Å²) in [6, 6.07) is 3.86. The lowest BCUT2D eigenvalue weighted by molar-refractivity contribution is 0.821. The Kier molecular flexibility index (Phi) is 4.04. The van der Waals surface area contributed by atoms with E-state index in [-0.39, 0.29) is 0 Å². The minimum Gasteiger partial charge on any atom is -0.369 e. The summed E-state index contributed by atoms with van der Waals surface area (Å²) in [5.41, 5.74) is 0. The summed E-state index contributed by atoms with van der Waals surface area (Å²) in [4.78, 5) is 4.14. The maximum atomic E-state index is 4.14. The standard InChI is InChI=1S/C8H12BrN3/c1-10-4-5-12-8-6-7(9)2-3-11-8/h2-3,6,10H,4-5H2,1H3,(H,11,12). The van der Waals surface area contributed by atoms with Crippen molar-refractivity contribution in [3.8, 4) is 0 Å². The molecule has 0 amide bonds. The van der Waals surface area contributed by atoms with E-state index < -0.39 is 0 Å². The van der Waals surface area contributed by atoms with E-state index in [1.54, 1.807) is 6.20 Å². The van der Waals surface area contributed by atoms with Gasteiger partial charge in [-0.2, -0.15) is 0 Å². The average molecular weight is 230 g/mol. The Morgan fingerprint density at radius 2 is 2.33 bits per heavy atom. The number of rotatable bonds is 4. The summed E-state index contributed by atoms with van der Waals surface area (Å²) < 4.78 is 1.05. The maximum absolute atomic E-state index is 4.14. The minimum absolute atomic E-state index is 0.889. The summed E-state index contributed by atoms with van der Waals surface area (Å²) in [7, 11) is 1.93. The van der Waals surface area contributed by atoms with Crippen LogP contribution in [-0.2, 0) is 0 Å². The number of pyridine rings is 1. The molecule has 1 heterocycles. The van der Waals surface area contributed by atoms with Crippen LogP contribution in [0.2, 0.25) is 0 Å². The predicted molar refractivity (Wildman–Crippen MR) is 54.4 cm³/mol. The topological polar surface area (TPSA) is 37.0 Å². The van der Waals surface area contributed by atoms with Crippen molar-refractivity contribution in [3.05, 3.63) is 22.8 Å². The summed E-state index contributed by atoms with van der Waals surface area (Å²) in [5.74, 6) is 0.902. The zero-order chi connectivity index (χ0) is 8.81. The Morgan fingerprint density at radius 3 is 3.00 bits per heavy atom. The first-order chi connectivity index (χ1) is 5.83. The Bertz CT molecular complexity index is 239. The van der Waals surface area contributed by atoms with Gasteiger partial charge in [0.25, 0.3) is 0 Å². The van der Waals surface area contributed by atoms with E-state index in [1.165, 1.54) is 0 Å². The molecule has 4 heteroatoms. The van der Waals surface area contributed by atoms with Gasteiger partial charge in [0, 0.05) is 23.8 Å². The van der Waals surface area contributed by atoms with E-state index in [0.29, 0.717) is 0 Å². The van der Waals surface area contributed by atoms with E-state index in [4.69, 9.17) is 0 Å². The lowest BCUT2D eigenvalue weighted by Gasteiger charge is -2.04. The molecule has 0 aliphatic heterocycles. The van der Waals surface area contributed by atoms with Crippen molar-refractivity contribution in [1.29, 1.82) is 0 Å². The van der Waals surface area contributed by atoms with Gasteiger partial charge < -0.3 is 10.6 Å². The van der Waals surface area contributed by atoms with Crippen LogP contribution in [0, 0.1) is 0 Å². The van der Waals surface area contributed by atoms with Crippen molar-refractivity contribution in [1.82, 2.24) is 10.3 Å². The van der Waals surface area contributed by atoms with Crippen molar-refractivity contribution in [2.45, 2.75) is 0 Å². The zero-order valence-corrected chi connectivity index (χ0v) is 8.56. The first-order valence-electron chi connectivity index (χ1n) is 3.83. The number of hydrogen-bond donors (Lipinski definition) is 2. The van der Waals surface area contributed by atoms with Crippen molar-refractivity contribution in [2.75, 3.05) is 25.5 Å². The van der Waals surface area contributed by atoms with Crippen LogP contribution in [0.5, 0.6) is 0 Å². The average Bonchev–Trinajstić information content (AvgIpc) is 2.05. The monoisotopic (exact) mass is 229 g/mol. The summed E-state index contributed by atoms with van der Waals surface area (Å²) in [6.45, 7) is 1.83. The van der Waals surface area contributed by atoms with E-state index >= 15 is 0 Å². The highest BCUT2D eigenvalue weighted by atomic mass is 79.9. The number of aromatic nitrogens is 1. The highest BCUT2D eigenvalue weighted by Crippen LogP contribution is 2.11. The van der Waals surface area contributed by atoms with Gasteiger partial charge in [0.15, 0.2) is 0 Å². The molecule has 1 aromatic rings. The SMILES string of the molecule is CNCCNc1cc(Br)ccn1. The molecular formula is C8H12BrN3. The molecule has 0 aliphatic rings. The number of hydrogen-bond acceptors (Lipinski definition) is 3. The molecule has 1 aromatic heterocycles. The zero-order valence-electron chi connectivity index (χ0n) is 6.97. The van der Waals surface area contributed by atoms with Crippen molar-refractivity contribution >= 4 is 21.7 Å². The summed E-state index contributed by atoms with van der Waals surface area (Å²) in [5, 5.41) is 6.23. The van der Waals surface area contributed by atoms with Crippen molar-refractivity contribution in [2.24, 2.45) is 0 Å². The first kappa shape index (κ1) is 9.48. The molecule has 1 rings (SSSR count). The van der Waals surface area contributed by atoms with Crippen LogP contribution < -0.4 is 10.6 Å². The van der Waals surface area contributed by atoms with Gasteiger partial charge in [-0.1, -0.05) is 15.9 Å². The summed E-state index contributed by atoms with van der Waals surface area (Å²) in [6.07, 6.45) is 1.77. The molecule has 0 radical (unpaired) electrons. The second-order valence-corrected chi connectivity index (χ2v) is 3.31. The maximum Gasteiger partial charge on any atom is 0.127 e. The predicted octanol–water partition coefficient (Wildman–Crippen LogP) is 1.48. The van der Waals surface area contributed by atoms with E-state index in [1.807, 2.05) is 19.2 Å². The molecule has 0 spiro atoms. The highest BCUT2D eigenvalue weighted by Gasteiger charge is 1.92. The smallest absolute Gasteiger partial charge is 0.127 e. The molecule has 2 N–H and O–H groups in total. The molecule has 66 valence electrons. The Labute approximate surface area is 80.7 Å². The number of nitrogens with zero attached hydrogens (tertiary/aromatic N) is 1. The van der Waals surface area contributed by atoms with E-state index in [9.17, 15) is 0 Å². The third-order valence-corrected chi connectivity index (χ3v) is 1.90. The molecule has 3 nitrogen and oxygen atoms in total. The Hall–Kier alpha value is -0.610. The largest absolute Gasteiger partial charge is 0.369 e. The highest BCUT2D eigenvalue weighted by molar-refractivity contribution is 9.10. The van der Waals surface area contributed by atoms with E-state index in [0.717, 1.165) is 23.4 Å². The molecule has 0 fully saturated rings. The molecule has 0 saturated heterocycles. The van der Waals surface area contributed by atoms with Crippen molar-refractivity contribution < 1.29 is 0 Å². The quantitative estimate of drug-likeness (QED) is 0.769.